The number of benzene rings is 2. The first kappa shape index (κ1) is 34.0. The number of nitrogens with zero attached hydrogens (tertiary/aromatic N) is 2. The fourth-order valence-electron chi connectivity index (χ4n) is 5.62. The molecule has 2 aromatic carbocycles. The molecule has 11 heteroatoms. The third-order valence-electron chi connectivity index (χ3n) is 7.90. The quantitative estimate of drug-likeness (QED) is 0.306. The topological polar surface area (TPSA) is 97.4 Å². The molecular weight excluding hydrogens is 578 g/mol. The Bertz CT molecular complexity index is 1230. The smallest absolute Gasteiger partial charge is 0.229 e. The summed E-state index contributed by atoms with van der Waals surface area (Å²) in [6, 6.07) is 13.3. The maximum absolute atomic E-state index is 13.3. The molecule has 9 nitrogen and oxygen atoms in total. The van der Waals surface area contributed by atoms with Crippen LogP contribution < -0.4 is 14.2 Å². The molecule has 4 rings (SSSR count). The van der Waals surface area contributed by atoms with Gasteiger partial charge < -0.3 is 19.1 Å². The summed E-state index contributed by atoms with van der Waals surface area (Å²) in [6.07, 6.45) is 7.93. The van der Waals surface area contributed by atoms with E-state index in [2.05, 4.69) is 33.6 Å². The zero-order valence-electron chi connectivity index (χ0n) is 25.0. The molecule has 0 unspecified atom stereocenters. The molecule has 0 saturated carbocycles. The molecule has 2 aromatic rings. The minimum absolute atomic E-state index is 0. The summed E-state index contributed by atoms with van der Waals surface area (Å²) in [5.41, 5.74) is 1.61. The van der Waals surface area contributed by atoms with Crippen molar-refractivity contribution in [3.8, 4) is 17.2 Å². The molecule has 2 aliphatic heterocycles. The fourth-order valence-corrected chi connectivity index (χ4v) is 6.18. The second kappa shape index (κ2) is 16.4. The maximum Gasteiger partial charge on any atom is 0.229 e. The highest BCUT2D eigenvalue weighted by Crippen LogP contribution is 2.34. The number of hydrogen-bond donors (Lipinski definition) is 1. The lowest BCUT2D eigenvalue weighted by molar-refractivity contribution is -0.136. The van der Waals surface area contributed by atoms with Crippen molar-refractivity contribution in [3.05, 3.63) is 48.0 Å². The Morgan fingerprint density at radius 2 is 1.74 bits per heavy atom. The second-order valence-corrected chi connectivity index (χ2v) is 12.9. The number of nitrogens with one attached hydrogen (secondary N) is 1. The Labute approximate surface area is 257 Å². The Kier molecular flexibility index (Phi) is 13.2. The van der Waals surface area contributed by atoms with Gasteiger partial charge in [0, 0.05) is 57.9 Å². The van der Waals surface area contributed by atoms with Crippen molar-refractivity contribution in [1.29, 1.82) is 0 Å². The molecule has 42 heavy (non-hydrogen) atoms. The lowest BCUT2D eigenvalue weighted by Gasteiger charge is -2.39. The number of amides is 1. The molecule has 0 aliphatic carbocycles. The van der Waals surface area contributed by atoms with E-state index in [1.54, 1.807) is 18.2 Å². The SMILES string of the molecule is CCCCN(C(=O)CC1CCOCC1)C1CCN(Cc2ccc(Oc3ccc(NS(C)(=O)=O)cc3OC)cc2)CC1.Cl. The highest BCUT2D eigenvalue weighted by molar-refractivity contribution is 7.92. The van der Waals surface area contributed by atoms with E-state index in [1.165, 1.54) is 12.7 Å². The molecular formula is C31H46ClN3O6S. The molecule has 1 amide bonds. The van der Waals surface area contributed by atoms with E-state index in [4.69, 9.17) is 14.2 Å². The van der Waals surface area contributed by atoms with Crippen LogP contribution in [0, 0.1) is 5.92 Å². The zero-order chi connectivity index (χ0) is 29.2. The molecule has 0 bridgehead atoms. The lowest BCUT2D eigenvalue weighted by Crippen LogP contribution is -2.48. The number of methoxy groups -OCH3 is 1. The van der Waals surface area contributed by atoms with Crippen molar-refractivity contribution < 1.29 is 27.4 Å². The van der Waals surface area contributed by atoms with E-state index in [0.29, 0.717) is 47.2 Å². The minimum Gasteiger partial charge on any atom is -0.493 e. The van der Waals surface area contributed by atoms with Crippen molar-refractivity contribution in [2.24, 2.45) is 5.92 Å². The van der Waals surface area contributed by atoms with Crippen molar-refractivity contribution in [3.63, 3.8) is 0 Å². The summed E-state index contributed by atoms with van der Waals surface area (Å²) in [5, 5.41) is 0. The monoisotopic (exact) mass is 623 g/mol. The van der Waals surface area contributed by atoms with Crippen LogP contribution in [0.2, 0.25) is 0 Å². The third-order valence-corrected chi connectivity index (χ3v) is 8.51. The van der Waals surface area contributed by atoms with Crippen LogP contribution >= 0.6 is 12.4 Å². The van der Waals surface area contributed by atoms with Gasteiger partial charge in [0.1, 0.15) is 5.75 Å². The number of likely N-dealkylation sites (tertiary alicyclic amines) is 1. The van der Waals surface area contributed by atoms with Crippen molar-refractivity contribution in [1.82, 2.24) is 9.80 Å². The van der Waals surface area contributed by atoms with Gasteiger partial charge in [0.25, 0.3) is 0 Å². The van der Waals surface area contributed by atoms with E-state index >= 15 is 0 Å². The summed E-state index contributed by atoms with van der Waals surface area (Å²) in [5.74, 6) is 2.40. The van der Waals surface area contributed by atoms with Crippen LogP contribution in [-0.4, -0.2) is 76.4 Å². The summed E-state index contributed by atoms with van der Waals surface area (Å²) in [7, 11) is -1.87. The second-order valence-electron chi connectivity index (χ2n) is 11.2. The first-order chi connectivity index (χ1) is 19.7. The Hall–Kier alpha value is -2.53. The molecule has 0 radical (unpaired) electrons. The van der Waals surface area contributed by atoms with E-state index in [9.17, 15) is 13.2 Å². The number of hydrogen-bond acceptors (Lipinski definition) is 7. The van der Waals surface area contributed by atoms with Crippen LogP contribution in [0.25, 0.3) is 0 Å². The molecule has 234 valence electrons. The van der Waals surface area contributed by atoms with Gasteiger partial charge in [0.2, 0.25) is 15.9 Å². The Morgan fingerprint density at radius 1 is 1.05 bits per heavy atom. The molecule has 2 heterocycles. The zero-order valence-corrected chi connectivity index (χ0v) is 26.7. The lowest BCUT2D eigenvalue weighted by atomic mass is 9.94. The summed E-state index contributed by atoms with van der Waals surface area (Å²) < 4.78 is 42.4. The van der Waals surface area contributed by atoms with Crippen LogP contribution in [0.1, 0.15) is 57.4 Å². The molecule has 2 aliphatic rings. The third kappa shape index (κ3) is 10.3. The Balaban J connectivity index is 0.00000484. The first-order valence-corrected chi connectivity index (χ1v) is 16.7. The molecule has 0 aromatic heterocycles. The average Bonchev–Trinajstić information content (AvgIpc) is 2.95. The predicted octanol–water partition coefficient (Wildman–Crippen LogP) is 5.69. The number of sulfonamides is 1. The number of unbranched alkanes of at least 4 members (excludes halogenated alkanes) is 1. The normalized spacial score (nSPS) is 16.8. The van der Waals surface area contributed by atoms with E-state index in [-0.39, 0.29) is 12.4 Å². The number of ether oxygens (including phenoxy) is 3. The van der Waals surface area contributed by atoms with E-state index in [0.717, 1.165) is 84.2 Å². The molecule has 0 atom stereocenters. The van der Waals surface area contributed by atoms with Gasteiger partial charge in [-0.05, 0) is 67.9 Å². The van der Waals surface area contributed by atoms with Crippen LogP contribution in [0.15, 0.2) is 42.5 Å². The number of piperidine rings is 1. The summed E-state index contributed by atoms with van der Waals surface area (Å²) in [4.78, 5) is 17.9. The maximum atomic E-state index is 13.3. The van der Waals surface area contributed by atoms with Crippen LogP contribution in [0.4, 0.5) is 5.69 Å². The predicted molar refractivity (Wildman–Crippen MR) is 168 cm³/mol. The number of rotatable bonds is 13. The van der Waals surface area contributed by atoms with Gasteiger partial charge in [0.15, 0.2) is 11.5 Å². The summed E-state index contributed by atoms with van der Waals surface area (Å²) >= 11 is 0. The number of anilines is 1. The van der Waals surface area contributed by atoms with Crippen LogP contribution in [0.5, 0.6) is 17.2 Å². The average molecular weight is 624 g/mol. The van der Waals surface area contributed by atoms with E-state index in [1.807, 2.05) is 12.1 Å². The standard InChI is InChI=1S/C31H45N3O6S.ClH/c1-4-5-16-34(31(35)21-24-14-19-39-20-15-24)27-12-17-33(18-13-27)23-25-6-9-28(10-7-25)40-29-11-8-26(22-30(29)38-2)32-41(3,36)37;/h6-11,22,24,27,32H,4-5,12-21,23H2,1-3H3;1H. The van der Waals surface area contributed by atoms with Gasteiger partial charge in [-0.1, -0.05) is 25.5 Å². The highest BCUT2D eigenvalue weighted by atomic mass is 35.5. The number of halogens is 1. The van der Waals surface area contributed by atoms with Gasteiger partial charge in [-0.2, -0.15) is 0 Å². The number of carbonyl (C=O) groups is 1. The van der Waals surface area contributed by atoms with Gasteiger partial charge in [-0.25, -0.2) is 8.42 Å². The van der Waals surface area contributed by atoms with Crippen molar-refractivity contribution in [2.45, 2.75) is 64.5 Å². The van der Waals surface area contributed by atoms with Crippen molar-refractivity contribution in [2.75, 3.05) is 50.9 Å². The van der Waals surface area contributed by atoms with Crippen molar-refractivity contribution >= 4 is 34.0 Å². The Morgan fingerprint density at radius 3 is 2.36 bits per heavy atom. The van der Waals surface area contributed by atoms with Gasteiger partial charge in [-0.15, -0.1) is 12.4 Å². The first-order valence-electron chi connectivity index (χ1n) is 14.8. The highest BCUT2D eigenvalue weighted by Gasteiger charge is 2.29. The van der Waals surface area contributed by atoms with Gasteiger partial charge in [0.05, 0.1) is 19.1 Å². The largest absolute Gasteiger partial charge is 0.493 e. The molecule has 2 saturated heterocycles. The van der Waals surface area contributed by atoms with Crippen LogP contribution in [0.3, 0.4) is 0 Å². The van der Waals surface area contributed by atoms with E-state index < -0.39 is 10.0 Å². The fraction of sp³-hybridized carbons (Fsp3) is 0.581. The minimum atomic E-state index is -3.38. The number of carbonyl (C=O) groups excluding carboxylic acids is 1. The molecule has 1 N–H and O–H groups in total. The van der Waals surface area contributed by atoms with Crippen LogP contribution in [-0.2, 0) is 26.1 Å². The molecule has 2 fully saturated rings. The molecule has 0 spiro atoms. The van der Waals surface area contributed by atoms with Gasteiger partial charge >= 0.3 is 0 Å². The summed E-state index contributed by atoms with van der Waals surface area (Å²) in [6.45, 7) is 7.42. The van der Waals surface area contributed by atoms with Gasteiger partial charge in [-0.3, -0.25) is 14.4 Å².